The summed E-state index contributed by atoms with van der Waals surface area (Å²) in [6.07, 6.45) is 5.25. The first-order valence-corrected chi connectivity index (χ1v) is 7.72. The number of imide groups is 1. The van der Waals surface area contributed by atoms with E-state index < -0.39 is 0 Å². The number of nitrogens with zero attached hydrogens (tertiary/aromatic N) is 1. The molecule has 4 heteroatoms. The number of nitrogens with one attached hydrogen (secondary N) is 1. The topological polar surface area (TPSA) is 49.4 Å². The Labute approximate surface area is 114 Å². The van der Waals surface area contributed by atoms with Gasteiger partial charge in [-0.25, -0.2) is 0 Å². The van der Waals surface area contributed by atoms with Crippen LogP contribution < -0.4 is 5.32 Å². The SMILES string of the molecule is CC1CC2C(=O)N(CCC3CCCNC3)C(=O)C2C1. The van der Waals surface area contributed by atoms with Crippen LogP contribution in [0.25, 0.3) is 0 Å². The molecule has 3 unspecified atom stereocenters. The van der Waals surface area contributed by atoms with Gasteiger partial charge in [0, 0.05) is 6.54 Å². The van der Waals surface area contributed by atoms with Crippen LogP contribution in [-0.4, -0.2) is 36.3 Å². The van der Waals surface area contributed by atoms with Crippen molar-refractivity contribution in [3.05, 3.63) is 0 Å². The second-order valence-electron chi connectivity index (χ2n) is 6.62. The maximum Gasteiger partial charge on any atom is 0.233 e. The van der Waals surface area contributed by atoms with E-state index in [4.69, 9.17) is 0 Å². The van der Waals surface area contributed by atoms with Gasteiger partial charge in [0.1, 0.15) is 0 Å². The number of hydrogen-bond donors (Lipinski definition) is 1. The fourth-order valence-corrected chi connectivity index (χ4v) is 4.05. The molecular weight excluding hydrogens is 240 g/mol. The molecule has 2 aliphatic heterocycles. The minimum atomic E-state index is 0.00646. The summed E-state index contributed by atoms with van der Waals surface area (Å²) in [6.45, 7) is 4.95. The molecule has 3 rings (SSSR count). The first-order chi connectivity index (χ1) is 9.16. The number of rotatable bonds is 3. The van der Waals surface area contributed by atoms with Crippen molar-refractivity contribution in [2.75, 3.05) is 19.6 Å². The van der Waals surface area contributed by atoms with Crippen LogP contribution in [0.1, 0.15) is 39.0 Å². The summed E-state index contributed by atoms with van der Waals surface area (Å²) in [7, 11) is 0. The number of hydrogen-bond acceptors (Lipinski definition) is 3. The highest BCUT2D eigenvalue weighted by Gasteiger charge is 2.51. The molecule has 0 aromatic carbocycles. The first-order valence-electron chi connectivity index (χ1n) is 7.72. The third kappa shape index (κ3) is 2.42. The quantitative estimate of drug-likeness (QED) is 0.784. The minimum absolute atomic E-state index is 0.00646. The van der Waals surface area contributed by atoms with Crippen molar-refractivity contribution in [1.82, 2.24) is 10.2 Å². The Hall–Kier alpha value is -0.900. The predicted octanol–water partition coefficient (Wildman–Crippen LogP) is 1.41. The van der Waals surface area contributed by atoms with E-state index in [1.807, 2.05) is 0 Å². The Morgan fingerprint density at radius 1 is 1.21 bits per heavy atom. The smallest absolute Gasteiger partial charge is 0.233 e. The molecule has 19 heavy (non-hydrogen) atoms. The number of likely N-dealkylation sites (tertiary alicyclic amines) is 1. The molecule has 2 amide bonds. The zero-order chi connectivity index (χ0) is 13.4. The largest absolute Gasteiger partial charge is 0.316 e. The average Bonchev–Trinajstić information content (AvgIpc) is 2.89. The molecule has 1 aliphatic carbocycles. The molecule has 0 aromatic heterocycles. The monoisotopic (exact) mass is 264 g/mol. The second kappa shape index (κ2) is 5.23. The Morgan fingerprint density at radius 3 is 2.47 bits per heavy atom. The highest BCUT2D eigenvalue weighted by Crippen LogP contribution is 2.42. The third-order valence-corrected chi connectivity index (χ3v) is 5.12. The maximum atomic E-state index is 12.3. The lowest BCUT2D eigenvalue weighted by molar-refractivity contribution is -0.140. The summed E-state index contributed by atoms with van der Waals surface area (Å²) < 4.78 is 0. The zero-order valence-electron chi connectivity index (χ0n) is 11.7. The minimum Gasteiger partial charge on any atom is -0.316 e. The average molecular weight is 264 g/mol. The molecule has 3 aliphatic rings. The molecule has 0 spiro atoms. The number of carbonyl (C=O) groups excluding carboxylic acids is 2. The van der Waals surface area contributed by atoms with Crippen molar-refractivity contribution >= 4 is 11.8 Å². The Morgan fingerprint density at radius 2 is 1.89 bits per heavy atom. The van der Waals surface area contributed by atoms with Crippen LogP contribution in [0.2, 0.25) is 0 Å². The number of amides is 2. The van der Waals surface area contributed by atoms with Gasteiger partial charge >= 0.3 is 0 Å². The van der Waals surface area contributed by atoms with Crippen molar-refractivity contribution in [3.8, 4) is 0 Å². The van der Waals surface area contributed by atoms with Crippen molar-refractivity contribution in [1.29, 1.82) is 0 Å². The standard InChI is InChI=1S/C15H24N2O2/c1-10-7-12-13(8-10)15(19)17(14(12)18)6-4-11-3-2-5-16-9-11/h10-13,16H,2-9H2,1H3. The van der Waals surface area contributed by atoms with Crippen LogP contribution in [-0.2, 0) is 9.59 Å². The van der Waals surface area contributed by atoms with Crippen molar-refractivity contribution < 1.29 is 9.59 Å². The third-order valence-electron chi connectivity index (χ3n) is 5.12. The van der Waals surface area contributed by atoms with Crippen LogP contribution in [0.4, 0.5) is 0 Å². The van der Waals surface area contributed by atoms with Gasteiger partial charge in [0.25, 0.3) is 0 Å². The van der Waals surface area contributed by atoms with E-state index in [1.165, 1.54) is 12.8 Å². The van der Waals surface area contributed by atoms with E-state index in [0.29, 0.717) is 18.4 Å². The lowest BCUT2D eigenvalue weighted by atomic mass is 9.96. The van der Waals surface area contributed by atoms with Crippen LogP contribution in [0.15, 0.2) is 0 Å². The van der Waals surface area contributed by atoms with E-state index in [0.717, 1.165) is 32.4 Å². The highest BCUT2D eigenvalue weighted by molar-refractivity contribution is 6.05. The lowest BCUT2D eigenvalue weighted by Gasteiger charge is -2.25. The molecule has 0 aromatic rings. The molecule has 0 bridgehead atoms. The Kier molecular flexibility index (Phi) is 3.61. The molecule has 2 heterocycles. The molecule has 2 saturated heterocycles. The van der Waals surface area contributed by atoms with Gasteiger partial charge in [0.05, 0.1) is 11.8 Å². The van der Waals surface area contributed by atoms with Crippen LogP contribution in [0.3, 0.4) is 0 Å². The van der Waals surface area contributed by atoms with Gasteiger partial charge < -0.3 is 5.32 Å². The number of piperidine rings is 1. The first kappa shape index (κ1) is 13.1. The molecular formula is C15H24N2O2. The van der Waals surface area contributed by atoms with E-state index in [1.54, 1.807) is 4.90 Å². The van der Waals surface area contributed by atoms with E-state index in [-0.39, 0.29) is 23.7 Å². The number of fused-ring (bicyclic) bond motifs is 1. The summed E-state index contributed by atoms with van der Waals surface area (Å²) in [5.74, 6) is 1.41. The summed E-state index contributed by atoms with van der Waals surface area (Å²) in [4.78, 5) is 26.2. The summed E-state index contributed by atoms with van der Waals surface area (Å²) in [5.41, 5.74) is 0. The van der Waals surface area contributed by atoms with Crippen molar-refractivity contribution in [3.63, 3.8) is 0 Å². The van der Waals surface area contributed by atoms with Crippen molar-refractivity contribution in [2.24, 2.45) is 23.7 Å². The predicted molar refractivity (Wildman–Crippen MR) is 72.3 cm³/mol. The fourth-order valence-electron chi connectivity index (χ4n) is 4.05. The highest BCUT2D eigenvalue weighted by atomic mass is 16.2. The van der Waals surface area contributed by atoms with Gasteiger partial charge in [-0.15, -0.1) is 0 Å². The second-order valence-corrected chi connectivity index (χ2v) is 6.62. The lowest BCUT2D eigenvalue weighted by Crippen LogP contribution is -2.36. The van der Waals surface area contributed by atoms with E-state index >= 15 is 0 Å². The fraction of sp³-hybridized carbons (Fsp3) is 0.867. The van der Waals surface area contributed by atoms with Gasteiger partial charge in [0.15, 0.2) is 0 Å². The normalized spacial score (nSPS) is 38.9. The van der Waals surface area contributed by atoms with Crippen LogP contribution >= 0.6 is 0 Å². The van der Waals surface area contributed by atoms with Crippen molar-refractivity contribution in [2.45, 2.75) is 39.0 Å². The van der Waals surface area contributed by atoms with Gasteiger partial charge in [-0.1, -0.05) is 6.92 Å². The van der Waals surface area contributed by atoms with E-state index in [9.17, 15) is 9.59 Å². The molecule has 1 saturated carbocycles. The van der Waals surface area contributed by atoms with Crippen LogP contribution in [0.5, 0.6) is 0 Å². The van der Waals surface area contributed by atoms with E-state index in [2.05, 4.69) is 12.2 Å². The Bertz CT molecular complexity index is 352. The summed E-state index contributed by atoms with van der Waals surface area (Å²) >= 11 is 0. The summed E-state index contributed by atoms with van der Waals surface area (Å²) in [5, 5.41) is 3.39. The molecule has 106 valence electrons. The molecule has 0 radical (unpaired) electrons. The molecule has 1 N–H and O–H groups in total. The van der Waals surface area contributed by atoms with Gasteiger partial charge in [-0.3, -0.25) is 14.5 Å². The van der Waals surface area contributed by atoms with Crippen LogP contribution in [0, 0.1) is 23.7 Å². The van der Waals surface area contributed by atoms with Gasteiger partial charge in [0.2, 0.25) is 11.8 Å². The molecule has 3 atom stereocenters. The van der Waals surface area contributed by atoms with Gasteiger partial charge in [-0.2, -0.15) is 0 Å². The van der Waals surface area contributed by atoms with Gasteiger partial charge in [-0.05, 0) is 57.0 Å². The number of carbonyl (C=O) groups is 2. The molecule has 4 nitrogen and oxygen atoms in total. The maximum absolute atomic E-state index is 12.3. The molecule has 3 fully saturated rings. The Balaban J connectivity index is 1.57. The summed E-state index contributed by atoms with van der Waals surface area (Å²) in [6, 6.07) is 0. The zero-order valence-corrected chi connectivity index (χ0v) is 11.7.